The Hall–Kier alpha value is -0.860. The molecule has 2 unspecified atom stereocenters. The van der Waals surface area contributed by atoms with E-state index >= 15 is 0 Å². The minimum atomic E-state index is 0.396. The van der Waals surface area contributed by atoms with Crippen molar-refractivity contribution in [3.05, 3.63) is 35.9 Å². The highest BCUT2D eigenvalue weighted by atomic mass is 16.5. The average Bonchev–Trinajstić information content (AvgIpc) is 2.35. The van der Waals surface area contributed by atoms with Crippen LogP contribution in [0, 0.1) is 0 Å². The van der Waals surface area contributed by atoms with Crippen LogP contribution in [0.4, 0.5) is 0 Å². The van der Waals surface area contributed by atoms with Crippen LogP contribution in [0.1, 0.15) is 31.7 Å². The third-order valence-corrected chi connectivity index (χ3v) is 2.93. The second-order valence-corrected chi connectivity index (χ2v) is 4.22. The number of hydrogen-bond acceptors (Lipinski definition) is 2. The molecule has 0 aliphatic heterocycles. The number of ether oxygens (including phenoxy) is 1. The van der Waals surface area contributed by atoms with Crippen molar-refractivity contribution in [2.75, 3.05) is 20.3 Å². The molecule has 0 amide bonds. The highest BCUT2D eigenvalue weighted by Crippen LogP contribution is 2.19. The molecule has 0 aliphatic rings. The van der Waals surface area contributed by atoms with Crippen LogP contribution in [0.2, 0.25) is 0 Å². The summed E-state index contributed by atoms with van der Waals surface area (Å²) in [6, 6.07) is 11.0. The van der Waals surface area contributed by atoms with Crippen LogP contribution in [-0.2, 0) is 4.74 Å². The molecule has 1 N–H and O–H groups in total. The van der Waals surface area contributed by atoms with Gasteiger partial charge in [0, 0.05) is 13.2 Å². The van der Waals surface area contributed by atoms with E-state index in [-0.39, 0.29) is 0 Å². The molecule has 2 heteroatoms. The summed E-state index contributed by atoms with van der Waals surface area (Å²) in [5.74, 6) is 0.479. The van der Waals surface area contributed by atoms with Gasteiger partial charge >= 0.3 is 0 Å². The van der Waals surface area contributed by atoms with Crippen LogP contribution in [0.3, 0.4) is 0 Å². The molecule has 0 fully saturated rings. The van der Waals surface area contributed by atoms with Crippen molar-refractivity contribution in [2.45, 2.75) is 32.2 Å². The highest BCUT2D eigenvalue weighted by Gasteiger charge is 2.17. The molecule has 0 heterocycles. The van der Waals surface area contributed by atoms with E-state index in [9.17, 15) is 0 Å². The zero-order chi connectivity index (χ0) is 11.8. The van der Waals surface area contributed by atoms with Crippen LogP contribution in [0.15, 0.2) is 30.3 Å². The molecule has 0 aromatic heterocycles. The topological polar surface area (TPSA) is 21.3 Å². The lowest BCUT2D eigenvalue weighted by Crippen LogP contribution is -2.38. The smallest absolute Gasteiger partial charge is 0.0621 e. The Balaban J connectivity index is 2.62. The van der Waals surface area contributed by atoms with Crippen molar-refractivity contribution in [3.63, 3.8) is 0 Å². The molecule has 90 valence electrons. The number of rotatable bonds is 7. The SMILES string of the molecule is CCCNC(COC)C(C)c1ccccc1. The van der Waals surface area contributed by atoms with Crippen LogP contribution < -0.4 is 5.32 Å². The van der Waals surface area contributed by atoms with Gasteiger partial charge in [0.1, 0.15) is 0 Å². The van der Waals surface area contributed by atoms with Crippen molar-refractivity contribution in [2.24, 2.45) is 0 Å². The van der Waals surface area contributed by atoms with E-state index < -0.39 is 0 Å². The molecule has 0 saturated carbocycles. The fourth-order valence-electron chi connectivity index (χ4n) is 1.88. The number of benzene rings is 1. The van der Waals surface area contributed by atoms with E-state index in [1.165, 1.54) is 5.56 Å². The summed E-state index contributed by atoms with van der Waals surface area (Å²) >= 11 is 0. The summed E-state index contributed by atoms with van der Waals surface area (Å²) in [6.45, 7) is 6.24. The molecule has 2 atom stereocenters. The zero-order valence-corrected chi connectivity index (χ0v) is 10.6. The largest absolute Gasteiger partial charge is 0.383 e. The van der Waals surface area contributed by atoms with Crippen molar-refractivity contribution < 1.29 is 4.74 Å². The van der Waals surface area contributed by atoms with Crippen LogP contribution in [0.25, 0.3) is 0 Å². The van der Waals surface area contributed by atoms with E-state index in [2.05, 4.69) is 49.5 Å². The standard InChI is InChI=1S/C14H23NO/c1-4-10-15-14(11-16-3)12(2)13-8-6-5-7-9-13/h5-9,12,14-15H,4,10-11H2,1-3H3. The van der Waals surface area contributed by atoms with Gasteiger partial charge in [-0.3, -0.25) is 0 Å². The van der Waals surface area contributed by atoms with Gasteiger partial charge < -0.3 is 10.1 Å². The molecule has 0 spiro atoms. The van der Waals surface area contributed by atoms with Gasteiger partial charge in [0.25, 0.3) is 0 Å². The van der Waals surface area contributed by atoms with E-state index in [1.54, 1.807) is 7.11 Å². The Labute approximate surface area is 99.0 Å². The maximum absolute atomic E-state index is 5.28. The van der Waals surface area contributed by atoms with E-state index in [0.29, 0.717) is 12.0 Å². The lowest BCUT2D eigenvalue weighted by atomic mass is 9.93. The van der Waals surface area contributed by atoms with E-state index in [0.717, 1.165) is 19.6 Å². The fraction of sp³-hybridized carbons (Fsp3) is 0.571. The highest BCUT2D eigenvalue weighted by molar-refractivity contribution is 5.20. The molecular formula is C14H23NO. The summed E-state index contributed by atoms with van der Waals surface area (Å²) in [4.78, 5) is 0. The molecule has 0 saturated heterocycles. The molecule has 2 nitrogen and oxygen atoms in total. The molecule has 1 aromatic rings. The number of nitrogens with one attached hydrogen (secondary N) is 1. The molecule has 1 rings (SSSR count). The monoisotopic (exact) mass is 221 g/mol. The van der Waals surface area contributed by atoms with Crippen LogP contribution in [-0.4, -0.2) is 26.3 Å². The minimum absolute atomic E-state index is 0.396. The summed E-state index contributed by atoms with van der Waals surface area (Å²) in [7, 11) is 1.76. The lowest BCUT2D eigenvalue weighted by molar-refractivity contribution is 0.157. The van der Waals surface area contributed by atoms with Crippen molar-refractivity contribution in [1.29, 1.82) is 0 Å². The van der Waals surface area contributed by atoms with Crippen LogP contribution >= 0.6 is 0 Å². The van der Waals surface area contributed by atoms with Gasteiger partial charge in [-0.25, -0.2) is 0 Å². The summed E-state index contributed by atoms with van der Waals surface area (Å²) in [6.07, 6.45) is 1.15. The Morgan fingerprint density at radius 1 is 1.25 bits per heavy atom. The predicted octanol–water partition coefficient (Wildman–Crippen LogP) is 2.80. The normalized spacial score (nSPS) is 14.7. The first-order chi connectivity index (χ1) is 7.79. The second kappa shape index (κ2) is 7.42. The zero-order valence-electron chi connectivity index (χ0n) is 10.6. The van der Waals surface area contributed by atoms with E-state index in [1.807, 2.05) is 0 Å². The first kappa shape index (κ1) is 13.2. The average molecular weight is 221 g/mol. The van der Waals surface area contributed by atoms with Gasteiger partial charge in [0.2, 0.25) is 0 Å². The fourth-order valence-corrected chi connectivity index (χ4v) is 1.88. The number of methoxy groups -OCH3 is 1. The van der Waals surface area contributed by atoms with Gasteiger partial charge in [-0.1, -0.05) is 44.2 Å². The third-order valence-electron chi connectivity index (χ3n) is 2.93. The summed E-state index contributed by atoms with van der Waals surface area (Å²) in [5.41, 5.74) is 1.37. The maximum Gasteiger partial charge on any atom is 0.0621 e. The Kier molecular flexibility index (Phi) is 6.12. The number of hydrogen-bond donors (Lipinski definition) is 1. The Morgan fingerprint density at radius 3 is 2.50 bits per heavy atom. The van der Waals surface area contributed by atoms with Crippen molar-refractivity contribution in [3.8, 4) is 0 Å². The predicted molar refractivity (Wildman–Crippen MR) is 68.8 cm³/mol. The van der Waals surface area contributed by atoms with E-state index in [4.69, 9.17) is 4.74 Å². The lowest BCUT2D eigenvalue weighted by Gasteiger charge is -2.24. The molecule has 1 aromatic carbocycles. The van der Waals surface area contributed by atoms with Gasteiger partial charge in [0.05, 0.1) is 6.61 Å². The Morgan fingerprint density at radius 2 is 1.94 bits per heavy atom. The quantitative estimate of drug-likeness (QED) is 0.764. The molecule has 16 heavy (non-hydrogen) atoms. The van der Waals surface area contributed by atoms with Gasteiger partial charge in [-0.05, 0) is 24.4 Å². The van der Waals surface area contributed by atoms with Crippen molar-refractivity contribution in [1.82, 2.24) is 5.32 Å². The minimum Gasteiger partial charge on any atom is -0.383 e. The summed E-state index contributed by atoms with van der Waals surface area (Å²) in [5, 5.41) is 3.54. The molecule has 0 aliphatic carbocycles. The molecular weight excluding hydrogens is 198 g/mol. The van der Waals surface area contributed by atoms with Crippen LogP contribution in [0.5, 0.6) is 0 Å². The Bertz CT molecular complexity index is 273. The summed E-state index contributed by atoms with van der Waals surface area (Å²) < 4.78 is 5.28. The first-order valence-electron chi connectivity index (χ1n) is 6.06. The first-order valence-corrected chi connectivity index (χ1v) is 6.06. The van der Waals surface area contributed by atoms with Gasteiger partial charge in [-0.2, -0.15) is 0 Å². The van der Waals surface area contributed by atoms with Crippen molar-refractivity contribution >= 4 is 0 Å². The maximum atomic E-state index is 5.28. The third kappa shape index (κ3) is 3.95. The van der Waals surface area contributed by atoms with Gasteiger partial charge in [0.15, 0.2) is 0 Å². The molecule has 0 bridgehead atoms. The second-order valence-electron chi connectivity index (χ2n) is 4.22. The van der Waals surface area contributed by atoms with Gasteiger partial charge in [-0.15, -0.1) is 0 Å². The molecule has 0 radical (unpaired) electrons.